The second kappa shape index (κ2) is 10.6. The highest BCUT2D eigenvalue weighted by Gasteiger charge is 2.29. The molecule has 1 unspecified atom stereocenters. The molecule has 2 aliphatic rings. The van der Waals surface area contributed by atoms with Gasteiger partial charge in [-0.3, -0.25) is 9.59 Å². The van der Waals surface area contributed by atoms with Crippen molar-refractivity contribution in [1.29, 1.82) is 0 Å². The lowest BCUT2D eigenvalue weighted by molar-refractivity contribution is -0.137. The van der Waals surface area contributed by atoms with Crippen LogP contribution < -0.4 is 0 Å². The number of carbonyl (C=O) groups excluding carboxylic acids is 1. The highest BCUT2D eigenvalue weighted by Crippen LogP contribution is 2.28. The summed E-state index contributed by atoms with van der Waals surface area (Å²) in [5.74, 6) is -0.159. The maximum atomic E-state index is 12.1. The molecule has 1 saturated carbocycles. The van der Waals surface area contributed by atoms with Crippen molar-refractivity contribution >= 4 is 11.9 Å². The number of aliphatic hydroxyl groups excluding tert-OH is 1. The number of rotatable bonds is 10. The molecular formula is C20H33NO4. The minimum absolute atomic E-state index is 0.116. The number of likely N-dealkylation sites (tertiary alicyclic amines) is 1. The molecule has 5 nitrogen and oxygen atoms in total. The number of hydrogen-bond donors (Lipinski definition) is 2. The molecule has 1 amide bonds. The van der Waals surface area contributed by atoms with Crippen LogP contribution >= 0.6 is 0 Å². The zero-order valence-electron chi connectivity index (χ0n) is 15.2. The third kappa shape index (κ3) is 6.81. The van der Waals surface area contributed by atoms with Crippen LogP contribution in [0.4, 0.5) is 0 Å². The Bertz CT molecular complexity index is 457. The lowest BCUT2D eigenvalue weighted by atomic mass is 9.85. The van der Waals surface area contributed by atoms with Crippen molar-refractivity contribution in [3.05, 3.63) is 12.2 Å². The predicted octanol–water partition coefficient (Wildman–Crippen LogP) is 3.51. The highest BCUT2D eigenvalue weighted by atomic mass is 16.4. The van der Waals surface area contributed by atoms with Crippen LogP contribution in [0.15, 0.2) is 12.2 Å². The van der Waals surface area contributed by atoms with E-state index >= 15 is 0 Å². The first-order valence-electron chi connectivity index (χ1n) is 9.95. The molecule has 0 bridgehead atoms. The SMILES string of the molecule is O=C(O)CCCCCCN1C(=O)CC[C@@H]1C=CC(O)C1CCCCC1. The van der Waals surface area contributed by atoms with Crippen molar-refractivity contribution in [3.8, 4) is 0 Å². The number of carboxylic acids is 1. The Morgan fingerprint density at radius 3 is 2.56 bits per heavy atom. The fourth-order valence-corrected chi connectivity index (χ4v) is 4.03. The molecule has 1 aliphatic carbocycles. The molecule has 1 aliphatic heterocycles. The van der Waals surface area contributed by atoms with Crippen molar-refractivity contribution in [3.63, 3.8) is 0 Å². The smallest absolute Gasteiger partial charge is 0.303 e. The van der Waals surface area contributed by atoms with Gasteiger partial charge in [-0.15, -0.1) is 0 Å². The summed E-state index contributed by atoms with van der Waals surface area (Å²) in [6.07, 6.45) is 14.6. The van der Waals surface area contributed by atoms with E-state index in [-0.39, 0.29) is 24.5 Å². The van der Waals surface area contributed by atoms with E-state index < -0.39 is 5.97 Å². The largest absolute Gasteiger partial charge is 0.481 e. The molecule has 2 rings (SSSR count). The number of carbonyl (C=O) groups is 2. The van der Waals surface area contributed by atoms with Gasteiger partial charge < -0.3 is 15.1 Å². The molecule has 1 heterocycles. The average molecular weight is 351 g/mol. The number of amides is 1. The van der Waals surface area contributed by atoms with Gasteiger partial charge in [0.2, 0.25) is 5.91 Å². The van der Waals surface area contributed by atoms with Crippen molar-refractivity contribution in [1.82, 2.24) is 4.90 Å². The van der Waals surface area contributed by atoms with Crippen LogP contribution in [0.5, 0.6) is 0 Å². The molecule has 2 atom stereocenters. The Labute approximate surface area is 151 Å². The van der Waals surface area contributed by atoms with E-state index in [1.54, 1.807) is 0 Å². The first-order valence-corrected chi connectivity index (χ1v) is 9.95. The molecule has 2 fully saturated rings. The molecule has 1 saturated heterocycles. The van der Waals surface area contributed by atoms with Crippen LogP contribution in [0.1, 0.15) is 77.0 Å². The van der Waals surface area contributed by atoms with Crippen molar-refractivity contribution in [2.24, 2.45) is 5.92 Å². The third-order valence-electron chi connectivity index (χ3n) is 5.58. The summed E-state index contributed by atoms with van der Waals surface area (Å²) in [5, 5.41) is 19.0. The Hall–Kier alpha value is -1.36. The Morgan fingerprint density at radius 1 is 1.12 bits per heavy atom. The number of aliphatic carboxylic acids is 1. The molecule has 0 aromatic rings. The Balaban J connectivity index is 1.72. The molecule has 5 heteroatoms. The van der Waals surface area contributed by atoms with E-state index in [0.29, 0.717) is 18.8 Å². The van der Waals surface area contributed by atoms with E-state index in [2.05, 4.69) is 0 Å². The van der Waals surface area contributed by atoms with E-state index in [1.807, 2.05) is 17.1 Å². The van der Waals surface area contributed by atoms with Gasteiger partial charge in [0.05, 0.1) is 12.1 Å². The molecule has 0 aromatic heterocycles. The van der Waals surface area contributed by atoms with Gasteiger partial charge in [0.25, 0.3) is 0 Å². The van der Waals surface area contributed by atoms with Crippen LogP contribution in [0.3, 0.4) is 0 Å². The van der Waals surface area contributed by atoms with E-state index in [4.69, 9.17) is 5.11 Å². The molecule has 142 valence electrons. The number of carboxylic acid groups (broad SMARTS) is 1. The molecule has 25 heavy (non-hydrogen) atoms. The van der Waals surface area contributed by atoms with E-state index in [0.717, 1.165) is 45.1 Å². The van der Waals surface area contributed by atoms with E-state index in [1.165, 1.54) is 19.3 Å². The van der Waals surface area contributed by atoms with Gasteiger partial charge in [0.15, 0.2) is 0 Å². The first-order chi connectivity index (χ1) is 12.1. The molecular weight excluding hydrogens is 318 g/mol. The van der Waals surface area contributed by atoms with Crippen molar-refractivity contribution in [2.45, 2.75) is 89.2 Å². The number of nitrogens with zero attached hydrogens (tertiary/aromatic N) is 1. The van der Waals surface area contributed by atoms with E-state index in [9.17, 15) is 14.7 Å². The monoisotopic (exact) mass is 351 g/mol. The second-order valence-corrected chi connectivity index (χ2v) is 7.52. The Kier molecular flexibility index (Phi) is 8.45. The number of aliphatic hydroxyl groups is 1. The summed E-state index contributed by atoms with van der Waals surface area (Å²) in [4.78, 5) is 24.5. The lowest BCUT2D eigenvalue weighted by Crippen LogP contribution is -2.33. The van der Waals surface area contributed by atoms with Gasteiger partial charge in [0.1, 0.15) is 0 Å². The number of hydrogen-bond acceptors (Lipinski definition) is 3. The highest BCUT2D eigenvalue weighted by molar-refractivity contribution is 5.79. The van der Waals surface area contributed by atoms with Gasteiger partial charge in [-0.1, -0.05) is 44.3 Å². The quantitative estimate of drug-likeness (QED) is 0.466. The van der Waals surface area contributed by atoms with Gasteiger partial charge in [-0.05, 0) is 38.0 Å². The average Bonchev–Trinajstić information content (AvgIpc) is 2.96. The topological polar surface area (TPSA) is 77.8 Å². The Morgan fingerprint density at radius 2 is 1.84 bits per heavy atom. The standard InChI is InChI=1S/C20H33NO4/c22-18(16-8-4-3-5-9-16)13-11-17-12-14-19(23)21(17)15-7-2-1-6-10-20(24)25/h11,13,16-18,22H,1-10,12,14-15H2,(H,24,25)/t17-,18?/m0/s1. The van der Waals surface area contributed by atoms with Gasteiger partial charge >= 0.3 is 5.97 Å². The van der Waals surface area contributed by atoms with Crippen LogP contribution in [0.25, 0.3) is 0 Å². The minimum Gasteiger partial charge on any atom is -0.481 e. The third-order valence-corrected chi connectivity index (χ3v) is 5.58. The molecule has 2 N–H and O–H groups in total. The van der Waals surface area contributed by atoms with Crippen LogP contribution in [0.2, 0.25) is 0 Å². The fourth-order valence-electron chi connectivity index (χ4n) is 4.03. The molecule has 0 spiro atoms. The fraction of sp³-hybridized carbons (Fsp3) is 0.800. The lowest BCUT2D eigenvalue weighted by Gasteiger charge is -2.26. The first kappa shape index (κ1) is 20.0. The van der Waals surface area contributed by atoms with Crippen molar-refractivity contribution < 1.29 is 19.8 Å². The number of unbranched alkanes of at least 4 members (excludes halogenated alkanes) is 3. The zero-order chi connectivity index (χ0) is 18.1. The predicted molar refractivity (Wildman–Crippen MR) is 97.2 cm³/mol. The normalized spacial score (nSPS) is 23.5. The summed E-state index contributed by atoms with van der Waals surface area (Å²) in [6.45, 7) is 0.737. The summed E-state index contributed by atoms with van der Waals surface area (Å²) < 4.78 is 0. The van der Waals surface area contributed by atoms with Gasteiger partial charge in [-0.25, -0.2) is 0 Å². The maximum Gasteiger partial charge on any atom is 0.303 e. The maximum absolute atomic E-state index is 12.1. The molecule has 0 radical (unpaired) electrons. The van der Waals surface area contributed by atoms with Gasteiger partial charge in [0, 0.05) is 19.4 Å². The summed E-state index contributed by atoms with van der Waals surface area (Å²) in [5.41, 5.74) is 0. The summed E-state index contributed by atoms with van der Waals surface area (Å²) in [7, 11) is 0. The second-order valence-electron chi connectivity index (χ2n) is 7.52. The molecule has 0 aromatic carbocycles. The summed E-state index contributed by atoms with van der Waals surface area (Å²) in [6, 6.07) is 0.116. The minimum atomic E-state index is -0.739. The van der Waals surface area contributed by atoms with Crippen LogP contribution in [-0.2, 0) is 9.59 Å². The van der Waals surface area contributed by atoms with Crippen LogP contribution in [0, 0.1) is 5.92 Å². The zero-order valence-corrected chi connectivity index (χ0v) is 15.2. The van der Waals surface area contributed by atoms with Crippen LogP contribution in [-0.4, -0.2) is 45.7 Å². The van der Waals surface area contributed by atoms with Crippen molar-refractivity contribution in [2.75, 3.05) is 6.54 Å². The summed E-state index contributed by atoms with van der Waals surface area (Å²) >= 11 is 0. The van der Waals surface area contributed by atoms with Gasteiger partial charge in [-0.2, -0.15) is 0 Å².